The van der Waals surface area contributed by atoms with Gasteiger partial charge in [0.15, 0.2) is 0 Å². The van der Waals surface area contributed by atoms with Crippen LogP contribution in [0.3, 0.4) is 0 Å². The van der Waals surface area contributed by atoms with Crippen LogP contribution < -0.4 is 5.32 Å². The van der Waals surface area contributed by atoms with E-state index in [1.165, 1.54) is 11.1 Å². The molecule has 0 bridgehead atoms. The van der Waals surface area contributed by atoms with Crippen LogP contribution in [0.15, 0.2) is 36.7 Å². The van der Waals surface area contributed by atoms with Crippen molar-refractivity contribution in [3.05, 3.63) is 53.6 Å². The van der Waals surface area contributed by atoms with Crippen LogP contribution in [0.5, 0.6) is 0 Å². The molecule has 4 heteroatoms. The van der Waals surface area contributed by atoms with Gasteiger partial charge in [0.1, 0.15) is 5.82 Å². The normalized spacial score (nSPS) is 11.2. The van der Waals surface area contributed by atoms with Crippen LogP contribution in [0, 0.1) is 6.92 Å². The number of nitrogens with one attached hydrogen (secondary N) is 1. The molecule has 2 rings (SSSR count). The van der Waals surface area contributed by atoms with Gasteiger partial charge in [-0.1, -0.05) is 24.3 Å². The van der Waals surface area contributed by atoms with E-state index in [1.54, 1.807) is 0 Å². The zero-order chi connectivity index (χ0) is 14.4. The molecule has 0 fully saturated rings. The molecule has 108 valence electrons. The zero-order valence-corrected chi connectivity index (χ0v) is 12.6. The maximum Gasteiger partial charge on any atom is 0.122 e. The predicted molar refractivity (Wildman–Crippen MR) is 82.8 cm³/mol. The first-order chi connectivity index (χ1) is 9.66. The van der Waals surface area contributed by atoms with Gasteiger partial charge >= 0.3 is 0 Å². The minimum atomic E-state index is 0.812. The Morgan fingerprint density at radius 2 is 2.05 bits per heavy atom. The van der Waals surface area contributed by atoms with E-state index in [0.29, 0.717) is 0 Å². The lowest BCUT2D eigenvalue weighted by Crippen LogP contribution is -2.27. The van der Waals surface area contributed by atoms with Gasteiger partial charge in [-0.2, -0.15) is 0 Å². The van der Waals surface area contributed by atoms with E-state index >= 15 is 0 Å². The number of imidazole rings is 1. The van der Waals surface area contributed by atoms with Crippen molar-refractivity contribution in [1.82, 2.24) is 19.8 Å². The molecule has 1 N–H and O–H groups in total. The number of likely N-dealkylation sites (N-methyl/N-ethyl adjacent to an activating group) is 1. The molecule has 0 aliphatic rings. The van der Waals surface area contributed by atoms with Crippen molar-refractivity contribution < 1.29 is 0 Å². The summed E-state index contributed by atoms with van der Waals surface area (Å²) in [4.78, 5) is 6.62. The van der Waals surface area contributed by atoms with Gasteiger partial charge in [-0.05, 0) is 32.1 Å². The molecule has 1 aromatic heterocycles. The van der Waals surface area contributed by atoms with E-state index in [2.05, 4.69) is 71.2 Å². The molecule has 4 nitrogen and oxygen atoms in total. The first-order valence-electron chi connectivity index (χ1n) is 7.07. The van der Waals surface area contributed by atoms with E-state index < -0.39 is 0 Å². The molecule has 0 atom stereocenters. The van der Waals surface area contributed by atoms with Crippen LogP contribution in [0.25, 0.3) is 0 Å². The maximum absolute atomic E-state index is 4.45. The van der Waals surface area contributed by atoms with Crippen molar-refractivity contribution in [2.75, 3.05) is 27.2 Å². The number of aromatic nitrogens is 2. The SMILES string of the molecule is Cc1ccccc1Cn1ccnc1CNCCN(C)C. The van der Waals surface area contributed by atoms with Gasteiger partial charge in [-0.3, -0.25) is 0 Å². The number of benzene rings is 1. The van der Waals surface area contributed by atoms with Crippen LogP contribution in [0.1, 0.15) is 17.0 Å². The molecule has 0 radical (unpaired) electrons. The van der Waals surface area contributed by atoms with Gasteiger partial charge in [0.2, 0.25) is 0 Å². The minimum Gasteiger partial charge on any atom is -0.329 e. The second kappa shape index (κ2) is 7.22. The van der Waals surface area contributed by atoms with Crippen molar-refractivity contribution in [1.29, 1.82) is 0 Å². The minimum absolute atomic E-state index is 0.812. The largest absolute Gasteiger partial charge is 0.329 e. The molecule has 1 aromatic carbocycles. The van der Waals surface area contributed by atoms with Gasteiger partial charge in [-0.15, -0.1) is 0 Å². The topological polar surface area (TPSA) is 33.1 Å². The van der Waals surface area contributed by atoms with Gasteiger partial charge in [0.05, 0.1) is 6.54 Å². The Morgan fingerprint density at radius 3 is 2.80 bits per heavy atom. The third kappa shape index (κ3) is 4.18. The van der Waals surface area contributed by atoms with Crippen LogP contribution in [0.4, 0.5) is 0 Å². The Labute approximate surface area is 121 Å². The summed E-state index contributed by atoms with van der Waals surface area (Å²) in [5.41, 5.74) is 2.67. The second-order valence-electron chi connectivity index (χ2n) is 5.38. The van der Waals surface area contributed by atoms with E-state index in [-0.39, 0.29) is 0 Å². The van der Waals surface area contributed by atoms with E-state index in [9.17, 15) is 0 Å². The summed E-state index contributed by atoms with van der Waals surface area (Å²) in [7, 11) is 4.17. The fourth-order valence-corrected chi connectivity index (χ4v) is 2.13. The first-order valence-corrected chi connectivity index (χ1v) is 7.07. The number of hydrogen-bond acceptors (Lipinski definition) is 3. The molecule has 0 saturated heterocycles. The highest BCUT2D eigenvalue weighted by Gasteiger charge is 2.04. The Balaban J connectivity index is 1.93. The number of hydrogen-bond donors (Lipinski definition) is 1. The quantitative estimate of drug-likeness (QED) is 0.781. The molecule has 0 aliphatic carbocycles. The summed E-state index contributed by atoms with van der Waals surface area (Å²) in [6, 6.07) is 8.50. The fraction of sp³-hybridized carbons (Fsp3) is 0.438. The standard InChI is InChI=1S/C16H24N4/c1-14-6-4-5-7-15(14)13-20-11-9-18-16(20)12-17-8-10-19(2)3/h4-7,9,11,17H,8,10,12-13H2,1-3H3. The maximum atomic E-state index is 4.45. The average molecular weight is 272 g/mol. The summed E-state index contributed by atoms with van der Waals surface area (Å²) < 4.78 is 2.21. The number of nitrogens with zero attached hydrogens (tertiary/aromatic N) is 3. The lowest BCUT2D eigenvalue weighted by Gasteiger charge is -2.12. The monoisotopic (exact) mass is 272 g/mol. The van der Waals surface area contributed by atoms with Gasteiger partial charge < -0.3 is 14.8 Å². The fourth-order valence-electron chi connectivity index (χ4n) is 2.13. The lowest BCUT2D eigenvalue weighted by molar-refractivity contribution is 0.398. The van der Waals surface area contributed by atoms with Crippen molar-refractivity contribution in [3.8, 4) is 0 Å². The van der Waals surface area contributed by atoms with Crippen molar-refractivity contribution in [2.45, 2.75) is 20.0 Å². The summed E-state index contributed by atoms with van der Waals surface area (Å²) in [6.45, 7) is 5.87. The molecule has 0 unspecified atom stereocenters. The van der Waals surface area contributed by atoms with Crippen LogP contribution in [-0.4, -0.2) is 41.6 Å². The molecule has 2 aromatic rings. The highest BCUT2D eigenvalue weighted by Crippen LogP contribution is 2.10. The van der Waals surface area contributed by atoms with Crippen molar-refractivity contribution in [2.24, 2.45) is 0 Å². The Hall–Kier alpha value is -1.65. The van der Waals surface area contributed by atoms with Crippen LogP contribution in [0.2, 0.25) is 0 Å². The van der Waals surface area contributed by atoms with Crippen molar-refractivity contribution >= 4 is 0 Å². The summed E-state index contributed by atoms with van der Waals surface area (Å²) in [5.74, 6) is 1.09. The van der Waals surface area contributed by atoms with Gasteiger partial charge in [-0.25, -0.2) is 4.98 Å². The highest BCUT2D eigenvalue weighted by molar-refractivity contribution is 5.26. The average Bonchev–Trinajstić information content (AvgIpc) is 2.85. The first kappa shape index (κ1) is 14.8. The summed E-state index contributed by atoms with van der Waals surface area (Å²) in [6.07, 6.45) is 3.93. The molecule has 1 heterocycles. The predicted octanol–water partition coefficient (Wildman–Crippen LogP) is 1.89. The molecule has 0 aliphatic heterocycles. The number of rotatable bonds is 7. The van der Waals surface area contributed by atoms with Gasteiger partial charge in [0.25, 0.3) is 0 Å². The third-order valence-electron chi connectivity index (χ3n) is 3.42. The second-order valence-corrected chi connectivity index (χ2v) is 5.38. The van der Waals surface area contributed by atoms with E-state index in [1.807, 2.05) is 6.20 Å². The Kier molecular flexibility index (Phi) is 5.32. The molecule has 0 amide bonds. The smallest absolute Gasteiger partial charge is 0.122 e. The van der Waals surface area contributed by atoms with E-state index in [4.69, 9.17) is 0 Å². The Bertz CT molecular complexity index is 531. The molecular weight excluding hydrogens is 248 g/mol. The van der Waals surface area contributed by atoms with Gasteiger partial charge in [0, 0.05) is 32.0 Å². The highest BCUT2D eigenvalue weighted by atomic mass is 15.1. The zero-order valence-electron chi connectivity index (χ0n) is 12.6. The molecule has 0 spiro atoms. The molecular formula is C16H24N4. The lowest BCUT2D eigenvalue weighted by atomic mass is 10.1. The van der Waals surface area contributed by atoms with Crippen LogP contribution >= 0.6 is 0 Å². The molecule has 20 heavy (non-hydrogen) atoms. The summed E-state index contributed by atoms with van der Waals surface area (Å²) >= 11 is 0. The van der Waals surface area contributed by atoms with E-state index in [0.717, 1.165) is 32.0 Å². The van der Waals surface area contributed by atoms with Crippen LogP contribution in [-0.2, 0) is 13.1 Å². The van der Waals surface area contributed by atoms with Crippen molar-refractivity contribution in [3.63, 3.8) is 0 Å². The summed E-state index contributed by atoms with van der Waals surface area (Å²) in [5, 5.41) is 3.43. The number of aryl methyl sites for hydroxylation is 1. The molecule has 0 saturated carbocycles. The third-order valence-corrected chi connectivity index (χ3v) is 3.42. The Morgan fingerprint density at radius 1 is 1.25 bits per heavy atom.